The third-order valence-electron chi connectivity index (χ3n) is 2.18. The van der Waals surface area contributed by atoms with Crippen LogP contribution in [-0.4, -0.2) is 24.4 Å². The minimum Gasteiger partial charge on any atom is -0.387 e. The van der Waals surface area contributed by atoms with Crippen LogP contribution < -0.4 is 10.6 Å². The summed E-state index contributed by atoms with van der Waals surface area (Å²) < 4.78 is 0.947. The Bertz CT molecular complexity index is 353. The smallest absolute Gasteiger partial charge is 0.142 e. The van der Waals surface area contributed by atoms with Crippen LogP contribution in [0.1, 0.15) is 6.92 Å². The Balaban J connectivity index is 2.73. The minimum atomic E-state index is 0.0314. The minimum absolute atomic E-state index is 0.0314. The van der Waals surface area contributed by atoms with Crippen molar-refractivity contribution in [1.82, 2.24) is 4.98 Å². The maximum Gasteiger partial charge on any atom is 0.142 e. The zero-order valence-corrected chi connectivity index (χ0v) is 10.5. The Morgan fingerprint density at radius 2 is 2.40 bits per heavy atom. The van der Waals surface area contributed by atoms with Gasteiger partial charge >= 0.3 is 0 Å². The lowest BCUT2D eigenvalue weighted by Gasteiger charge is -2.22. The quantitative estimate of drug-likeness (QED) is 0.648. The highest BCUT2D eigenvalue weighted by Crippen LogP contribution is 2.22. The number of rotatable bonds is 4. The predicted octanol–water partition coefficient (Wildman–Crippen LogP) is 1.85. The van der Waals surface area contributed by atoms with Crippen LogP contribution in [0, 0.1) is 11.3 Å². The van der Waals surface area contributed by atoms with Gasteiger partial charge in [-0.3, -0.25) is 5.41 Å². The maximum absolute atomic E-state index is 7.33. The number of halogens is 1. The van der Waals surface area contributed by atoms with Crippen LogP contribution in [0.2, 0.25) is 0 Å². The first-order valence-electron chi connectivity index (χ1n) is 4.68. The van der Waals surface area contributed by atoms with E-state index in [-0.39, 0.29) is 11.8 Å². The average Bonchev–Trinajstić information content (AvgIpc) is 2.18. The summed E-state index contributed by atoms with van der Waals surface area (Å²) >= 11 is 3.43. The van der Waals surface area contributed by atoms with Crippen molar-refractivity contribution in [2.75, 3.05) is 18.5 Å². The summed E-state index contributed by atoms with van der Waals surface area (Å²) in [4.78, 5) is 6.24. The molecule has 15 heavy (non-hydrogen) atoms. The van der Waals surface area contributed by atoms with Crippen molar-refractivity contribution in [3.8, 4) is 0 Å². The molecule has 1 unspecified atom stereocenters. The van der Waals surface area contributed by atoms with Crippen molar-refractivity contribution in [3.05, 3.63) is 22.8 Å². The normalized spacial score (nSPS) is 12.2. The number of hydrogen-bond acceptors (Lipinski definition) is 3. The van der Waals surface area contributed by atoms with Crippen LogP contribution in [0.4, 0.5) is 5.82 Å². The molecule has 1 aromatic heterocycles. The van der Waals surface area contributed by atoms with Crippen LogP contribution in [0.15, 0.2) is 22.8 Å². The summed E-state index contributed by atoms with van der Waals surface area (Å²) in [6, 6.07) is 3.81. The number of nitrogens with one attached hydrogen (secondary N) is 1. The fourth-order valence-corrected chi connectivity index (χ4v) is 1.81. The summed E-state index contributed by atoms with van der Waals surface area (Å²) in [5.74, 6) is 1.10. The van der Waals surface area contributed by atoms with Crippen molar-refractivity contribution in [2.45, 2.75) is 6.92 Å². The molecule has 1 aromatic rings. The molecular weight excluding hydrogens is 256 g/mol. The van der Waals surface area contributed by atoms with E-state index in [0.29, 0.717) is 6.54 Å². The summed E-state index contributed by atoms with van der Waals surface area (Å²) in [6.45, 7) is 2.61. The number of aromatic nitrogens is 1. The van der Waals surface area contributed by atoms with Gasteiger partial charge in [0.2, 0.25) is 0 Å². The second-order valence-electron chi connectivity index (χ2n) is 3.55. The summed E-state index contributed by atoms with van der Waals surface area (Å²) in [5, 5.41) is 7.33. The molecular formula is C10H15BrN4. The largest absolute Gasteiger partial charge is 0.387 e. The summed E-state index contributed by atoms with van der Waals surface area (Å²) in [5.41, 5.74) is 5.42. The molecule has 4 nitrogen and oxygen atoms in total. The van der Waals surface area contributed by atoms with E-state index in [0.717, 1.165) is 10.3 Å². The Morgan fingerprint density at radius 3 is 2.93 bits per heavy atom. The first kappa shape index (κ1) is 12.0. The Morgan fingerprint density at radius 1 is 1.73 bits per heavy atom. The molecule has 82 valence electrons. The summed E-state index contributed by atoms with van der Waals surface area (Å²) in [6.07, 6.45) is 1.75. The van der Waals surface area contributed by atoms with Gasteiger partial charge in [-0.15, -0.1) is 0 Å². The lowest BCUT2D eigenvalue weighted by Crippen LogP contribution is -2.32. The van der Waals surface area contributed by atoms with Gasteiger partial charge < -0.3 is 10.6 Å². The van der Waals surface area contributed by atoms with Gasteiger partial charge in [0, 0.05) is 25.7 Å². The van der Waals surface area contributed by atoms with E-state index >= 15 is 0 Å². The molecule has 0 spiro atoms. The van der Waals surface area contributed by atoms with Crippen molar-refractivity contribution >= 4 is 27.6 Å². The molecule has 0 bridgehead atoms. The predicted molar refractivity (Wildman–Crippen MR) is 66.3 cm³/mol. The third-order valence-corrected chi connectivity index (χ3v) is 2.80. The topological polar surface area (TPSA) is 66.0 Å². The van der Waals surface area contributed by atoms with Crippen LogP contribution in [-0.2, 0) is 0 Å². The monoisotopic (exact) mass is 270 g/mol. The van der Waals surface area contributed by atoms with Crippen molar-refractivity contribution in [2.24, 2.45) is 11.7 Å². The second-order valence-corrected chi connectivity index (χ2v) is 4.40. The second kappa shape index (κ2) is 5.11. The van der Waals surface area contributed by atoms with Gasteiger partial charge in [0.05, 0.1) is 10.3 Å². The fraction of sp³-hybridized carbons (Fsp3) is 0.400. The number of amidine groups is 1. The Kier molecular flexibility index (Phi) is 4.08. The van der Waals surface area contributed by atoms with Gasteiger partial charge in [-0.05, 0) is 28.1 Å². The molecule has 0 saturated carbocycles. The molecule has 0 radical (unpaired) electrons. The number of pyridine rings is 1. The van der Waals surface area contributed by atoms with Crippen LogP contribution >= 0.6 is 15.9 Å². The van der Waals surface area contributed by atoms with Gasteiger partial charge in [-0.2, -0.15) is 0 Å². The molecule has 5 heteroatoms. The van der Waals surface area contributed by atoms with Gasteiger partial charge in [0.25, 0.3) is 0 Å². The van der Waals surface area contributed by atoms with Gasteiger partial charge in [-0.1, -0.05) is 6.92 Å². The first-order chi connectivity index (χ1) is 7.02. The number of nitrogens with zero attached hydrogens (tertiary/aromatic N) is 2. The number of anilines is 1. The van der Waals surface area contributed by atoms with E-state index in [1.165, 1.54) is 0 Å². The Labute approximate surface area is 98.1 Å². The van der Waals surface area contributed by atoms with Crippen LogP contribution in [0.5, 0.6) is 0 Å². The lowest BCUT2D eigenvalue weighted by molar-refractivity contribution is 0.721. The third kappa shape index (κ3) is 3.20. The highest BCUT2D eigenvalue weighted by atomic mass is 79.9. The van der Waals surface area contributed by atoms with E-state index in [9.17, 15) is 0 Å². The van der Waals surface area contributed by atoms with E-state index in [2.05, 4.69) is 20.9 Å². The SMILES string of the molecule is CC(CN(C)c1ncccc1Br)C(=N)N. The number of hydrogen-bond donors (Lipinski definition) is 2. The molecule has 1 rings (SSSR count). The molecule has 1 heterocycles. The molecule has 0 amide bonds. The molecule has 0 fully saturated rings. The van der Waals surface area contributed by atoms with E-state index in [1.54, 1.807) is 6.20 Å². The Hall–Kier alpha value is -1.10. The summed E-state index contributed by atoms with van der Waals surface area (Å²) in [7, 11) is 1.94. The highest BCUT2D eigenvalue weighted by Gasteiger charge is 2.12. The molecule has 0 aliphatic heterocycles. The fourth-order valence-electron chi connectivity index (χ4n) is 1.25. The average molecular weight is 271 g/mol. The zero-order chi connectivity index (χ0) is 11.4. The molecule has 0 saturated heterocycles. The van der Waals surface area contributed by atoms with Gasteiger partial charge in [0.1, 0.15) is 5.82 Å². The zero-order valence-electron chi connectivity index (χ0n) is 8.87. The highest BCUT2D eigenvalue weighted by molar-refractivity contribution is 9.10. The molecule has 1 atom stereocenters. The van der Waals surface area contributed by atoms with Crippen molar-refractivity contribution < 1.29 is 0 Å². The van der Waals surface area contributed by atoms with Gasteiger partial charge in [0.15, 0.2) is 0 Å². The molecule has 0 aromatic carbocycles. The van der Waals surface area contributed by atoms with Crippen molar-refractivity contribution in [1.29, 1.82) is 5.41 Å². The first-order valence-corrected chi connectivity index (χ1v) is 5.47. The maximum atomic E-state index is 7.33. The van der Waals surface area contributed by atoms with Crippen LogP contribution in [0.25, 0.3) is 0 Å². The standard InChI is InChI=1S/C10H15BrN4/c1-7(9(12)13)6-15(2)10-8(11)4-3-5-14-10/h3-5,7H,6H2,1-2H3,(H3,12,13). The van der Waals surface area contributed by atoms with E-state index in [4.69, 9.17) is 11.1 Å². The molecule has 3 N–H and O–H groups in total. The van der Waals surface area contributed by atoms with Gasteiger partial charge in [-0.25, -0.2) is 4.98 Å². The van der Waals surface area contributed by atoms with E-state index < -0.39 is 0 Å². The van der Waals surface area contributed by atoms with E-state index in [1.807, 2.05) is 31.0 Å². The molecule has 0 aliphatic carbocycles. The molecule has 0 aliphatic rings. The number of nitrogens with two attached hydrogens (primary N) is 1. The lowest BCUT2D eigenvalue weighted by atomic mass is 10.1. The van der Waals surface area contributed by atoms with Crippen molar-refractivity contribution in [3.63, 3.8) is 0 Å². The van der Waals surface area contributed by atoms with Crippen LogP contribution in [0.3, 0.4) is 0 Å².